The van der Waals surface area contributed by atoms with Gasteiger partial charge in [-0.3, -0.25) is 4.79 Å². The molecule has 26 heavy (non-hydrogen) atoms. The molecule has 0 bridgehead atoms. The standard InChI is InChI=1S/C15H8F6N2O3/c16-8-4-7(10(22)5-9(8)17)13(24)23-6-1-2-11-12(3-6)26-15(20,21)14(18,19)25-11/h1-5H,22H2,(H,23,24). The minimum atomic E-state index is -4.92. The lowest BCUT2D eigenvalue weighted by Crippen LogP contribution is -2.52. The van der Waals surface area contributed by atoms with E-state index in [1.165, 1.54) is 0 Å². The third kappa shape index (κ3) is 2.95. The number of hydrogen-bond donors (Lipinski definition) is 2. The van der Waals surface area contributed by atoms with Gasteiger partial charge < -0.3 is 20.5 Å². The summed E-state index contributed by atoms with van der Waals surface area (Å²) in [5.41, 5.74) is 4.47. The fourth-order valence-electron chi connectivity index (χ4n) is 2.10. The van der Waals surface area contributed by atoms with Crippen LogP contribution in [0, 0.1) is 11.6 Å². The molecule has 0 aromatic heterocycles. The van der Waals surface area contributed by atoms with Gasteiger partial charge in [-0.25, -0.2) is 8.78 Å². The average molecular weight is 378 g/mol. The Labute approximate surface area is 141 Å². The fourth-order valence-corrected chi connectivity index (χ4v) is 2.10. The number of alkyl halides is 4. The third-order valence-electron chi connectivity index (χ3n) is 3.35. The van der Waals surface area contributed by atoms with E-state index in [4.69, 9.17) is 5.73 Å². The summed E-state index contributed by atoms with van der Waals surface area (Å²) in [5.74, 6) is -5.01. The highest BCUT2D eigenvalue weighted by Gasteiger charge is 2.65. The molecule has 5 nitrogen and oxygen atoms in total. The quantitative estimate of drug-likeness (QED) is 0.617. The van der Waals surface area contributed by atoms with Crippen LogP contribution in [0.2, 0.25) is 0 Å². The number of nitrogens with one attached hydrogen (secondary N) is 1. The molecule has 1 aliphatic rings. The summed E-state index contributed by atoms with van der Waals surface area (Å²) in [5, 5.41) is 2.17. The molecule has 3 rings (SSSR count). The third-order valence-corrected chi connectivity index (χ3v) is 3.35. The van der Waals surface area contributed by atoms with Gasteiger partial charge in [-0.2, -0.15) is 17.6 Å². The number of amides is 1. The van der Waals surface area contributed by atoms with Gasteiger partial charge in [0.2, 0.25) is 0 Å². The zero-order valence-corrected chi connectivity index (χ0v) is 12.5. The largest absolute Gasteiger partial charge is 0.507 e. The van der Waals surface area contributed by atoms with Crippen LogP contribution in [0.5, 0.6) is 11.5 Å². The van der Waals surface area contributed by atoms with Crippen molar-refractivity contribution in [2.24, 2.45) is 0 Å². The molecule has 2 aromatic rings. The van der Waals surface area contributed by atoms with Crippen molar-refractivity contribution >= 4 is 17.3 Å². The van der Waals surface area contributed by atoms with Crippen LogP contribution in [0.1, 0.15) is 10.4 Å². The van der Waals surface area contributed by atoms with Crippen LogP contribution in [0.25, 0.3) is 0 Å². The van der Waals surface area contributed by atoms with Crippen molar-refractivity contribution < 1.29 is 40.6 Å². The smallest absolute Gasteiger partial charge is 0.421 e. The highest BCUT2D eigenvalue weighted by Crippen LogP contribution is 2.47. The molecule has 1 heterocycles. The summed E-state index contributed by atoms with van der Waals surface area (Å²) < 4.78 is 86.6. The Morgan fingerprint density at radius 2 is 1.50 bits per heavy atom. The van der Waals surface area contributed by atoms with E-state index in [2.05, 4.69) is 14.8 Å². The van der Waals surface area contributed by atoms with Gasteiger partial charge in [0.15, 0.2) is 23.1 Å². The summed E-state index contributed by atoms with van der Waals surface area (Å²) in [4.78, 5) is 12.1. The first-order valence-electron chi connectivity index (χ1n) is 6.84. The highest BCUT2D eigenvalue weighted by atomic mass is 19.3. The second kappa shape index (κ2) is 5.71. The van der Waals surface area contributed by atoms with Crippen molar-refractivity contribution in [1.82, 2.24) is 0 Å². The number of nitrogen functional groups attached to an aromatic ring is 1. The van der Waals surface area contributed by atoms with Gasteiger partial charge in [0.05, 0.1) is 5.56 Å². The van der Waals surface area contributed by atoms with Crippen molar-refractivity contribution in [3.05, 3.63) is 47.5 Å². The Morgan fingerprint density at radius 1 is 0.923 bits per heavy atom. The molecular formula is C15H8F6N2O3. The predicted molar refractivity (Wildman–Crippen MR) is 76.3 cm³/mol. The Morgan fingerprint density at radius 3 is 2.15 bits per heavy atom. The number of fused-ring (bicyclic) bond motifs is 1. The lowest BCUT2D eigenvalue weighted by molar-refractivity contribution is -0.391. The molecule has 11 heteroatoms. The number of carbonyl (C=O) groups is 1. The summed E-state index contributed by atoms with van der Waals surface area (Å²) in [7, 11) is 0. The molecule has 0 aliphatic carbocycles. The second-order valence-corrected chi connectivity index (χ2v) is 5.21. The summed E-state index contributed by atoms with van der Waals surface area (Å²) >= 11 is 0. The first-order valence-corrected chi connectivity index (χ1v) is 6.84. The van der Waals surface area contributed by atoms with E-state index in [0.29, 0.717) is 12.1 Å². The summed E-state index contributed by atoms with van der Waals surface area (Å²) in [6, 6.07) is 3.86. The van der Waals surface area contributed by atoms with Crippen molar-refractivity contribution in [3.63, 3.8) is 0 Å². The number of anilines is 2. The molecular weight excluding hydrogens is 370 g/mol. The molecule has 1 aliphatic heterocycles. The molecule has 0 fully saturated rings. The maximum Gasteiger partial charge on any atom is 0.507 e. The second-order valence-electron chi connectivity index (χ2n) is 5.21. The molecule has 0 spiro atoms. The zero-order chi connectivity index (χ0) is 19.3. The van der Waals surface area contributed by atoms with E-state index in [0.717, 1.165) is 18.2 Å². The van der Waals surface area contributed by atoms with Crippen LogP contribution >= 0.6 is 0 Å². The van der Waals surface area contributed by atoms with Crippen molar-refractivity contribution in [2.75, 3.05) is 11.1 Å². The van der Waals surface area contributed by atoms with Crippen LogP contribution < -0.4 is 20.5 Å². The number of halogens is 6. The minimum Gasteiger partial charge on any atom is -0.421 e. The van der Waals surface area contributed by atoms with Gasteiger partial charge in [0, 0.05) is 23.5 Å². The highest BCUT2D eigenvalue weighted by molar-refractivity contribution is 6.07. The molecule has 0 atom stereocenters. The van der Waals surface area contributed by atoms with Gasteiger partial charge in [-0.05, 0) is 18.2 Å². The SMILES string of the molecule is Nc1cc(F)c(F)cc1C(=O)Nc1ccc2c(c1)OC(F)(F)C(F)(F)O2. The van der Waals surface area contributed by atoms with Crippen LogP contribution in [-0.4, -0.2) is 18.1 Å². The molecule has 3 N–H and O–H groups in total. The molecule has 138 valence electrons. The Bertz CT molecular complexity index is 903. The van der Waals surface area contributed by atoms with E-state index >= 15 is 0 Å². The van der Waals surface area contributed by atoms with Crippen LogP contribution in [-0.2, 0) is 0 Å². The predicted octanol–water partition coefficient (Wildman–Crippen LogP) is 3.76. The van der Waals surface area contributed by atoms with Gasteiger partial charge >= 0.3 is 12.2 Å². The Kier molecular flexibility index (Phi) is 3.89. The van der Waals surface area contributed by atoms with Crippen molar-refractivity contribution in [3.8, 4) is 11.5 Å². The van der Waals surface area contributed by atoms with Crippen LogP contribution in [0.15, 0.2) is 30.3 Å². The number of hydrogen-bond acceptors (Lipinski definition) is 4. The number of nitrogens with two attached hydrogens (primary N) is 1. The van der Waals surface area contributed by atoms with Crippen molar-refractivity contribution in [2.45, 2.75) is 12.2 Å². The first-order chi connectivity index (χ1) is 12.0. The molecule has 0 radical (unpaired) electrons. The fraction of sp³-hybridized carbons (Fsp3) is 0.133. The molecule has 1 amide bonds. The number of carbonyl (C=O) groups excluding carboxylic acids is 1. The maximum atomic E-state index is 13.2. The maximum absolute atomic E-state index is 13.2. The minimum absolute atomic E-state index is 0.164. The van der Waals surface area contributed by atoms with Gasteiger partial charge in [0.25, 0.3) is 5.91 Å². The van der Waals surface area contributed by atoms with E-state index in [1.807, 2.05) is 0 Å². The van der Waals surface area contributed by atoms with Gasteiger partial charge in [0.1, 0.15) is 0 Å². The number of benzene rings is 2. The Balaban J connectivity index is 1.87. The molecule has 2 aromatic carbocycles. The number of rotatable bonds is 2. The summed E-state index contributed by atoms with van der Waals surface area (Å²) in [6.45, 7) is 0. The van der Waals surface area contributed by atoms with Crippen molar-refractivity contribution in [1.29, 1.82) is 0 Å². The lowest BCUT2D eigenvalue weighted by atomic mass is 10.1. The van der Waals surface area contributed by atoms with Gasteiger partial charge in [-0.1, -0.05) is 0 Å². The molecule has 0 unspecified atom stereocenters. The normalized spacial score (nSPS) is 16.8. The molecule has 0 saturated heterocycles. The van der Waals surface area contributed by atoms with E-state index in [9.17, 15) is 31.1 Å². The van der Waals surface area contributed by atoms with E-state index in [1.54, 1.807) is 0 Å². The van der Waals surface area contributed by atoms with E-state index in [-0.39, 0.29) is 11.4 Å². The topological polar surface area (TPSA) is 73.6 Å². The monoisotopic (exact) mass is 378 g/mol. The van der Waals surface area contributed by atoms with Gasteiger partial charge in [-0.15, -0.1) is 0 Å². The number of ether oxygens (including phenoxy) is 2. The lowest BCUT2D eigenvalue weighted by Gasteiger charge is -2.31. The Hall–Kier alpha value is -3.11. The summed E-state index contributed by atoms with van der Waals surface area (Å²) in [6.07, 6.45) is -9.79. The van der Waals surface area contributed by atoms with Crippen LogP contribution in [0.3, 0.4) is 0 Å². The zero-order valence-electron chi connectivity index (χ0n) is 12.5. The average Bonchev–Trinajstić information content (AvgIpc) is 2.51. The first kappa shape index (κ1) is 17.7. The molecule has 0 saturated carbocycles. The van der Waals surface area contributed by atoms with E-state index < -0.39 is 46.8 Å². The van der Waals surface area contributed by atoms with Crippen LogP contribution in [0.4, 0.5) is 37.7 Å².